The molecular weight excluding hydrogens is 412 g/mol. The van der Waals surface area contributed by atoms with Gasteiger partial charge in [0.2, 0.25) is 0 Å². The van der Waals surface area contributed by atoms with E-state index >= 15 is 0 Å². The summed E-state index contributed by atoms with van der Waals surface area (Å²) in [7, 11) is 0. The first kappa shape index (κ1) is 23.3. The summed E-state index contributed by atoms with van der Waals surface area (Å²) < 4.78 is 92.3. The molecule has 2 nitrogen and oxygen atoms in total. The van der Waals surface area contributed by atoms with E-state index < -0.39 is 53.2 Å². The van der Waals surface area contributed by atoms with E-state index in [1.165, 1.54) is 4.90 Å². The Hall–Kier alpha value is -0.770. The molecule has 2 rings (SSSR count). The SMILES string of the molecule is Cl.Fc1c(Cl)ccc(C(F)(F)F)c1[C@H](CCC(F)(F)F)N1CCNCC1. The van der Waals surface area contributed by atoms with Crippen LogP contribution in [0.25, 0.3) is 0 Å². The number of hydrogen-bond donors (Lipinski definition) is 1. The first-order valence-electron chi connectivity index (χ1n) is 7.57. The molecule has 1 fully saturated rings. The van der Waals surface area contributed by atoms with Gasteiger partial charge in [-0.2, -0.15) is 26.3 Å². The molecule has 1 atom stereocenters. The lowest BCUT2D eigenvalue weighted by Crippen LogP contribution is -2.46. The molecule has 0 bridgehead atoms. The van der Waals surface area contributed by atoms with Gasteiger partial charge >= 0.3 is 12.4 Å². The second kappa shape index (κ2) is 8.95. The summed E-state index contributed by atoms with van der Waals surface area (Å²) in [5.41, 5.74) is -2.11. The van der Waals surface area contributed by atoms with Crippen molar-refractivity contribution in [3.05, 3.63) is 34.1 Å². The highest BCUT2D eigenvalue weighted by molar-refractivity contribution is 6.30. The Morgan fingerprint density at radius 2 is 1.65 bits per heavy atom. The van der Waals surface area contributed by atoms with Gasteiger partial charge in [-0.15, -0.1) is 12.4 Å². The maximum Gasteiger partial charge on any atom is 0.416 e. The van der Waals surface area contributed by atoms with E-state index in [0.717, 1.165) is 6.07 Å². The second-order valence-electron chi connectivity index (χ2n) is 5.78. The van der Waals surface area contributed by atoms with Gasteiger partial charge in [-0.1, -0.05) is 11.6 Å². The lowest BCUT2D eigenvalue weighted by molar-refractivity contribution is -0.141. The number of benzene rings is 1. The Balaban J connectivity index is 0.00000338. The van der Waals surface area contributed by atoms with Crippen LogP contribution in [0.5, 0.6) is 0 Å². The Morgan fingerprint density at radius 1 is 1.08 bits per heavy atom. The minimum absolute atomic E-state index is 0. The second-order valence-corrected chi connectivity index (χ2v) is 6.18. The van der Waals surface area contributed by atoms with Crippen LogP contribution in [0.2, 0.25) is 5.02 Å². The van der Waals surface area contributed by atoms with Crippen molar-refractivity contribution >= 4 is 24.0 Å². The van der Waals surface area contributed by atoms with Gasteiger partial charge in [-0.05, 0) is 18.6 Å². The van der Waals surface area contributed by atoms with Crippen molar-refractivity contribution in [3.63, 3.8) is 0 Å². The van der Waals surface area contributed by atoms with Crippen LogP contribution in [0.15, 0.2) is 12.1 Å². The zero-order chi connectivity index (χ0) is 18.8. The van der Waals surface area contributed by atoms with Crippen LogP contribution in [0, 0.1) is 5.82 Å². The van der Waals surface area contributed by atoms with Gasteiger partial charge in [0.05, 0.1) is 10.6 Å². The van der Waals surface area contributed by atoms with Crippen LogP contribution in [-0.2, 0) is 6.18 Å². The van der Waals surface area contributed by atoms with Crippen LogP contribution in [0.3, 0.4) is 0 Å². The molecule has 0 unspecified atom stereocenters. The number of nitrogens with zero attached hydrogens (tertiary/aromatic N) is 1. The van der Waals surface area contributed by atoms with Gasteiger partial charge in [-0.3, -0.25) is 4.90 Å². The molecule has 1 heterocycles. The minimum Gasteiger partial charge on any atom is -0.314 e. The van der Waals surface area contributed by atoms with Crippen molar-refractivity contribution in [1.82, 2.24) is 10.2 Å². The highest BCUT2D eigenvalue weighted by Crippen LogP contribution is 2.42. The van der Waals surface area contributed by atoms with E-state index in [-0.39, 0.29) is 25.5 Å². The third kappa shape index (κ3) is 5.87. The zero-order valence-electron chi connectivity index (χ0n) is 13.4. The summed E-state index contributed by atoms with van der Waals surface area (Å²) >= 11 is 5.61. The van der Waals surface area contributed by atoms with E-state index in [4.69, 9.17) is 11.6 Å². The maximum absolute atomic E-state index is 14.5. The van der Waals surface area contributed by atoms with Crippen LogP contribution in [0.1, 0.15) is 30.0 Å². The third-order valence-electron chi connectivity index (χ3n) is 4.06. The van der Waals surface area contributed by atoms with Crippen LogP contribution >= 0.6 is 24.0 Å². The van der Waals surface area contributed by atoms with Crippen molar-refractivity contribution in [2.45, 2.75) is 31.2 Å². The molecule has 0 radical (unpaired) electrons. The van der Waals surface area contributed by atoms with E-state index in [1.54, 1.807) is 0 Å². The van der Waals surface area contributed by atoms with Gasteiger partial charge in [0.25, 0.3) is 0 Å². The van der Waals surface area contributed by atoms with Crippen molar-refractivity contribution in [2.75, 3.05) is 26.2 Å². The van der Waals surface area contributed by atoms with Crippen molar-refractivity contribution in [3.8, 4) is 0 Å². The maximum atomic E-state index is 14.5. The minimum atomic E-state index is -4.90. The average molecular weight is 429 g/mol. The molecule has 26 heavy (non-hydrogen) atoms. The quantitative estimate of drug-likeness (QED) is 0.662. The van der Waals surface area contributed by atoms with Crippen molar-refractivity contribution in [2.24, 2.45) is 0 Å². The molecular formula is C15H17Cl2F7N2. The molecule has 1 saturated heterocycles. The molecule has 1 aromatic rings. The lowest BCUT2D eigenvalue weighted by Gasteiger charge is -2.36. The monoisotopic (exact) mass is 428 g/mol. The molecule has 1 aromatic carbocycles. The topological polar surface area (TPSA) is 15.3 Å². The number of hydrogen-bond acceptors (Lipinski definition) is 2. The number of halogens is 9. The summed E-state index contributed by atoms with van der Waals surface area (Å²) in [5.74, 6) is -1.32. The highest BCUT2D eigenvalue weighted by Gasteiger charge is 2.40. The molecule has 0 saturated carbocycles. The number of alkyl halides is 6. The summed E-state index contributed by atoms with van der Waals surface area (Å²) in [5, 5.41) is 2.41. The zero-order valence-corrected chi connectivity index (χ0v) is 14.9. The van der Waals surface area contributed by atoms with Gasteiger partial charge in [-0.25, -0.2) is 4.39 Å². The predicted molar refractivity (Wildman–Crippen MR) is 86.1 cm³/mol. The molecule has 0 aliphatic carbocycles. The van der Waals surface area contributed by atoms with E-state index in [1.807, 2.05) is 0 Å². The van der Waals surface area contributed by atoms with Gasteiger partial charge in [0, 0.05) is 44.2 Å². The van der Waals surface area contributed by atoms with Crippen LogP contribution < -0.4 is 5.32 Å². The molecule has 11 heteroatoms. The van der Waals surface area contributed by atoms with Gasteiger partial charge in [0.15, 0.2) is 0 Å². The molecule has 0 aromatic heterocycles. The Labute approximate surface area is 157 Å². The smallest absolute Gasteiger partial charge is 0.314 e. The summed E-state index contributed by atoms with van der Waals surface area (Å²) in [6, 6.07) is 0.0183. The highest BCUT2D eigenvalue weighted by atomic mass is 35.5. The predicted octanol–water partition coefficient (Wildman–Crippen LogP) is 5.21. The summed E-state index contributed by atoms with van der Waals surface area (Å²) in [6.07, 6.45) is -11.4. The normalized spacial score (nSPS) is 17.7. The average Bonchev–Trinajstić information content (AvgIpc) is 2.50. The van der Waals surface area contributed by atoms with Gasteiger partial charge in [0.1, 0.15) is 5.82 Å². The standard InChI is InChI=1S/C15H16ClF7N2.ClH/c16-10-2-1-9(15(21,22)23)12(13(10)17)11(3-4-14(18,19)20)25-7-5-24-6-8-25;/h1-2,11,24H,3-8H2;1H/t11-;/m0./s1. The fourth-order valence-electron chi connectivity index (χ4n) is 2.94. The van der Waals surface area contributed by atoms with Crippen molar-refractivity contribution < 1.29 is 30.7 Å². The van der Waals surface area contributed by atoms with E-state index in [9.17, 15) is 30.7 Å². The third-order valence-corrected chi connectivity index (χ3v) is 4.36. The molecule has 150 valence electrons. The lowest BCUT2D eigenvalue weighted by atomic mass is 9.93. The largest absolute Gasteiger partial charge is 0.416 e. The summed E-state index contributed by atoms with van der Waals surface area (Å²) in [6.45, 7) is 1.22. The number of nitrogens with one attached hydrogen (secondary N) is 1. The number of rotatable bonds is 4. The Kier molecular flexibility index (Phi) is 8.01. The molecule has 0 spiro atoms. The molecule has 0 amide bonds. The first-order valence-corrected chi connectivity index (χ1v) is 7.95. The molecule has 1 aliphatic heterocycles. The van der Waals surface area contributed by atoms with Crippen LogP contribution in [0.4, 0.5) is 30.7 Å². The molecule has 1 aliphatic rings. The van der Waals surface area contributed by atoms with E-state index in [0.29, 0.717) is 19.2 Å². The Morgan fingerprint density at radius 3 is 2.15 bits per heavy atom. The van der Waals surface area contributed by atoms with E-state index in [2.05, 4.69) is 5.32 Å². The fourth-order valence-corrected chi connectivity index (χ4v) is 3.11. The van der Waals surface area contributed by atoms with Gasteiger partial charge < -0.3 is 5.32 Å². The molecule has 1 N–H and O–H groups in total. The van der Waals surface area contributed by atoms with Crippen molar-refractivity contribution in [1.29, 1.82) is 0 Å². The summed E-state index contributed by atoms with van der Waals surface area (Å²) in [4.78, 5) is 1.44. The fraction of sp³-hybridized carbons (Fsp3) is 0.600. The first-order chi connectivity index (χ1) is 11.5. The van der Waals surface area contributed by atoms with Crippen LogP contribution in [-0.4, -0.2) is 37.3 Å². The number of piperazine rings is 1. The Bertz CT molecular complexity index is 599.